The van der Waals surface area contributed by atoms with E-state index < -0.39 is 0 Å². The maximum atomic E-state index is 3.86. The Morgan fingerprint density at radius 1 is 1.29 bits per heavy atom. The van der Waals surface area contributed by atoms with E-state index in [0.717, 1.165) is 25.6 Å². The fourth-order valence-electron chi connectivity index (χ4n) is 3.54. The summed E-state index contributed by atoms with van der Waals surface area (Å²) in [6.45, 7) is 10.1. The third-order valence-corrected chi connectivity index (χ3v) is 5.07. The zero-order chi connectivity index (χ0) is 14.9. The minimum atomic E-state index is 0.306. The van der Waals surface area contributed by atoms with Gasteiger partial charge in [-0.3, -0.25) is 4.90 Å². The van der Waals surface area contributed by atoms with Crippen LogP contribution in [0.25, 0.3) is 0 Å². The van der Waals surface area contributed by atoms with Gasteiger partial charge in [0.05, 0.1) is 0 Å². The summed E-state index contributed by atoms with van der Waals surface area (Å²) in [5, 5.41) is 3.86. The number of nitrogens with one attached hydrogen (secondary N) is 1. The van der Waals surface area contributed by atoms with E-state index in [1.807, 2.05) is 0 Å². The van der Waals surface area contributed by atoms with Crippen molar-refractivity contribution in [1.29, 1.82) is 0 Å². The Labute approximate surface area is 129 Å². The second kappa shape index (κ2) is 5.94. The van der Waals surface area contributed by atoms with E-state index in [0.29, 0.717) is 11.6 Å². The SMILES string of the molecule is CC(C)=CCN1CC(C)(C2CC2)NCC1c1ccccc1. The van der Waals surface area contributed by atoms with Crippen molar-refractivity contribution in [2.45, 2.75) is 45.2 Å². The van der Waals surface area contributed by atoms with Gasteiger partial charge >= 0.3 is 0 Å². The van der Waals surface area contributed by atoms with Crippen LogP contribution < -0.4 is 5.32 Å². The second-order valence-electron chi connectivity index (χ2n) is 7.21. The van der Waals surface area contributed by atoms with E-state index >= 15 is 0 Å². The minimum absolute atomic E-state index is 0.306. The standard InChI is InChI=1S/C19H28N2/c1-15(2)11-12-21-14-19(3,17-9-10-17)20-13-18(21)16-7-5-4-6-8-16/h4-8,11,17-18,20H,9-10,12-14H2,1-3H3. The van der Waals surface area contributed by atoms with Crippen molar-refractivity contribution in [2.24, 2.45) is 5.92 Å². The molecule has 1 N–H and O–H groups in total. The Balaban J connectivity index is 1.80. The van der Waals surface area contributed by atoms with Crippen LogP contribution in [0.3, 0.4) is 0 Å². The third-order valence-electron chi connectivity index (χ3n) is 5.07. The molecule has 1 aromatic carbocycles. The number of nitrogens with zero attached hydrogens (tertiary/aromatic N) is 1. The molecule has 21 heavy (non-hydrogen) atoms. The molecule has 1 saturated carbocycles. The van der Waals surface area contributed by atoms with E-state index in [1.165, 1.54) is 24.0 Å². The predicted octanol–water partition coefficient (Wildman–Crippen LogP) is 3.77. The summed E-state index contributed by atoms with van der Waals surface area (Å²) in [6, 6.07) is 11.4. The first kappa shape index (κ1) is 14.8. The van der Waals surface area contributed by atoms with Crippen molar-refractivity contribution < 1.29 is 0 Å². The lowest BCUT2D eigenvalue weighted by Crippen LogP contribution is -2.61. The molecule has 0 amide bonds. The summed E-state index contributed by atoms with van der Waals surface area (Å²) in [6.07, 6.45) is 5.17. The van der Waals surface area contributed by atoms with Crippen molar-refractivity contribution in [3.63, 3.8) is 0 Å². The number of allylic oxidation sites excluding steroid dienone is 1. The molecule has 0 bridgehead atoms. The monoisotopic (exact) mass is 284 g/mol. The molecule has 0 radical (unpaired) electrons. The zero-order valence-electron chi connectivity index (χ0n) is 13.6. The summed E-state index contributed by atoms with van der Waals surface area (Å²) in [5.41, 5.74) is 3.15. The Hall–Kier alpha value is -1.12. The molecule has 1 aromatic rings. The van der Waals surface area contributed by atoms with Crippen LogP contribution in [0.15, 0.2) is 42.0 Å². The van der Waals surface area contributed by atoms with Crippen molar-refractivity contribution in [1.82, 2.24) is 10.2 Å². The zero-order valence-corrected chi connectivity index (χ0v) is 13.6. The first-order valence-electron chi connectivity index (χ1n) is 8.26. The number of hydrogen-bond acceptors (Lipinski definition) is 2. The summed E-state index contributed by atoms with van der Waals surface area (Å²) in [7, 11) is 0. The van der Waals surface area contributed by atoms with Gasteiger partial charge in [0.1, 0.15) is 0 Å². The van der Waals surface area contributed by atoms with E-state index in [9.17, 15) is 0 Å². The minimum Gasteiger partial charge on any atom is -0.308 e. The van der Waals surface area contributed by atoms with Crippen LogP contribution in [0, 0.1) is 5.92 Å². The highest BCUT2D eigenvalue weighted by Crippen LogP contribution is 2.42. The van der Waals surface area contributed by atoms with Gasteiger partial charge in [0.2, 0.25) is 0 Å². The second-order valence-corrected chi connectivity index (χ2v) is 7.21. The summed E-state index contributed by atoms with van der Waals surface area (Å²) in [4.78, 5) is 2.66. The van der Waals surface area contributed by atoms with Gasteiger partial charge in [0, 0.05) is 31.2 Å². The molecule has 2 aliphatic rings. The molecular formula is C19H28N2. The lowest BCUT2D eigenvalue weighted by molar-refractivity contribution is 0.0852. The molecule has 1 aliphatic heterocycles. The van der Waals surface area contributed by atoms with E-state index in [4.69, 9.17) is 0 Å². The molecule has 0 spiro atoms. The smallest absolute Gasteiger partial charge is 0.0476 e. The van der Waals surface area contributed by atoms with Gasteiger partial charge in [-0.25, -0.2) is 0 Å². The number of hydrogen-bond donors (Lipinski definition) is 1. The Kier molecular flexibility index (Phi) is 4.19. The largest absolute Gasteiger partial charge is 0.308 e. The van der Waals surface area contributed by atoms with Crippen molar-refractivity contribution in [3.8, 4) is 0 Å². The van der Waals surface area contributed by atoms with Gasteiger partial charge in [0.25, 0.3) is 0 Å². The molecule has 2 nitrogen and oxygen atoms in total. The summed E-state index contributed by atoms with van der Waals surface area (Å²) in [5.74, 6) is 0.878. The Bertz CT molecular complexity index is 500. The van der Waals surface area contributed by atoms with Crippen LogP contribution in [-0.4, -0.2) is 30.1 Å². The predicted molar refractivity (Wildman–Crippen MR) is 89.3 cm³/mol. The average molecular weight is 284 g/mol. The Morgan fingerprint density at radius 2 is 2.00 bits per heavy atom. The molecule has 2 unspecified atom stereocenters. The summed E-state index contributed by atoms with van der Waals surface area (Å²) < 4.78 is 0. The maximum absolute atomic E-state index is 3.86. The molecule has 114 valence electrons. The van der Waals surface area contributed by atoms with E-state index in [-0.39, 0.29) is 0 Å². The van der Waals surface area contributed by atoms with Crippen molar-refractivity contribution in [2.75, 3.05) is 19.6 Å². The number of piperazine rings is 1. The molecule has 2 atom stereocenters. The van der Waals surface area contributed by atoms with Crippen molar-refractivity contribution >= 4 is 0 Å². The van der Waals surface area contributed by atoms with Gasteiger partial charge in [-0.05, 0) is 45.1 Å². The average Bonchev–Trinajstić information content (AvgIpc) is 3.31. The molecule has 2 fully saturated rings. The van der Waals surface area contributed by atoms with Crippen LogP contribution in [0.4, 0.5) is 0 Å². The van der Waals surface area contributed by atoms with Crippen LogP contribution in [0.1, 0.15) is 45.2 Å². The van der Waals surface area contributed by atoms with E-state index in [2.05, 4.69) is 67.4 Å². The number of benzene rings is 1. The van der Waals surface area contributed by atoms with Crippen molar-refractivity contribution in [3.05, 3.63) is 47.5 Å². The molecule has 1 saturated heterocycles. The number of rotatable bonds is 4. The van der Waals surface area contributed by atoms with Crippen LogP contribution in [0.5, 0.6) is 0 Å². The fourth-order valence-corrected chi connectivity index (χ4v) is 3.54. The highest BCUT2D eigenvalue weighted by molar-refractivity contribution is 5.22. The first-order chi connectivity index (χ1) is 10.1. The van der Waals surface area contributed by atoms with Crippen LogP contribution in [0.2, 0.25) is 0 Å². The quantitative estimate of drug-likeness (QED) is 0.847. The third kappa shape index (κ3) is 3.38. The van der Waals surface area contributed by atoms with Gasteiger partial charge in [-0.2, -0.15) is 0 Å². The van der Waals surface area contributed by atoms with Gasteiger partial charge in [-0.1, -0.05) is 42.0 Å². The molecular weight excluding hydrogens is 256 g/mol. The molecule has 0 aromatic heterocycles. The first-order valence-corrected chi connectivity index (χ1v) is 8.26. The normalized spacial score (nSPS) is 30.1. The molecule has 2 heteroatoms. The lowest BCUT2D eigenvalue weighted by atomic mass is 9.89. The Morgan fingerprint density at radius 3 is 2.62 bits per heavy atom. The van der Waals surface area contributed by atoms with Gasteiger partial charge < -0.3 is 5.32 Å². The molecule has 1 aliphatic carbocycles. The summed E-state index contributed by atoms with van der Waals surface area (Å²) >= 11 is 0. The maximum Gasteiger partial charge on any atom is 0.0476 e. The van der Waals surface area contributed by atoms with E-state index in [1.54, 1.807) is 0 Å². The van der Waals surface area contributed by atoms with Gasteiger partial charge in [0.15, 0.2) is 0 Å². The topological polar surface area (TPSA) is 15.3 Å². The lowest BCUT2D eigenvalue weighted by Gasteiger charge is -2.46. The fraction of sp³-hybridized carbons (Fsp3) is 0.579. The van der Waals surface area contributed by atoms with Crippen LogP contribution >= 0.6 is 0 Å². The highest BCUT2D eigenvalue weighted by Gasteiger charge is 2.45. The van der Waals surface area contributed by atoms with Gasteiger partial charge in [-0.15, -0.1) is 0 Å². The van der Waals surface area contributed by atoms with Crippen LogP contribution in [-0.2, 0) is 0 Å². The molecule has 1 heterocycles. The molecule has 3 rings (SSSR count). The highest BCUT2D eigenvalue weighted by atomic mass is 15.3.